The van der Waals surface area contributed by atoms with E-state index in [-0.39, 0.29) is 5.78 Å². The quantitative estimate of drug-likeness (QED) is 0.756. The normalized spacial score (nSPS) is 23.2. The number of allylic oxidation sites excluding steroid dienone is 3. The summed E-state index contributed by atoms with van der Waals surface area (Å²) >= 11 is 0. The van der Waals surface area contributed by atoms with E-state index in [4.69, 9.17) is 4.74 Å². The predicted octanol–water partition coefficient (Wildman–Crippen LogP) is 4.47. The van der Waals surface area contributed by atoms with Gasteiger partial charge < -0.3 is 4.74 Å². The molecule has 2 atom stereocenters. The zero-order valence-electron chi connectivity index (χ0n) is 16.3. The van der Waals surface area contributed by atoms with Crippen molar-refractivity contribution < 1.29 is 14.3 Å². The third-order valence-corrected chi connectivity index (χ3v) is 5.44. The number of carbonyl (C=O) groups is 2. The minimum Gasteiger partial charge on any atom is -0.469 e. The molecule has 0 N–H and O–H groups in total. The molecular formula is C23H26O3. The number of ketones is 1. The molecule has 0 heterocycles. The van der Waals surface area contributed by atoms with E-state index in [0.29, 0.717) is 22.3 Å². The van der Waals surface area contributed by atoms with Gasteiger partial charge in [0.05, 0.1) is 12.5 Å². The van der Waals surface area contributed by atoms with Crippen molar-refractivity contribution in [2.75, 3.05) is 7.11 Å². The Morgan fingerprint density at radius 3 is 1.92 bits per heavy atom. The molecule has 1 aliphatic rings. The van der Waals surface area contributed by atoms with Gasteiger partial charge in [0.25, 0.3) is 0 Å². The molecule has 1 aromatic carbocycles. The van der Waals surface area contributed by atoms with Crippen molar-refractivity contribution in [3.8, 4) is 0 Å². The fourth-order valence-corrected chi connectivity index (χ4v) is 4.35. The van der Waals surface area contributed by atoms with Crippen LogP contribution in [0.5, 0.6) is 0 Å². The largest absolute Gasteiger partial charge is 0.469 e. The van der Waals surface area contributed by atoms with Gasteiger partial charge in [0.1, 0.15) is 11.7 Å². The van der Waals surface area contributed by atoms with Crippen LogP contribution in [0.2, 0.25) is 0 Å². The van der Waals surface area contributed by atoms with Gasteiger partial charge in [-0.2, -0.15) is 0 Å². The molecule has 0 aliphatic heterocycles. The number of carbonyl (C=O) groups excluding carboxylic acids is 2. The van der Waals surface area contributed by atoms with Crippen LogP contribution in [0, 0.1) is 26.7 Å². The molecule has 0 radical (unpaired) electrons. The summed E-state index contributed by atoms with van der Waals surface area (Å²) in [7, 11) is 1.31. The fourth-order valence-electron chi connectivity index (χ4n) is 4.35. The molecule has 2 unspecified atom stereocenters. The van der Waals surface area contributed by atoms with E-state index in [0.717, 1.165) is 22.3 Å². The summed E-state index contributed by atoms with van der Waals surface area (Å²) in [5.74, 6) is -1.64. The molecule has 1 fully saturated rings. The second-order valence-corrected chi connectivity index (χ2v) is 7.05. The first kappa shape index (κ1) is 19.6. The van der Waals surface area contributed by atoms with Crippen LogP contribution in [-0.4, -0.2) is 18.9 Å². The van der Waals surface area contributed by atoms with Crippen molar-refractivity contribution in [3.05, 3.63) is 83.0 Å². The molecule has 0 amide bonds. The molecule has 2 rings (SSSR count). The lowest BCUT2D eigenvalue weighted by Crippen LogP contribution is -2.52. The maximum absolute atomic E-state index is 13.2. The number of hydrogen-bond donors (Lipinski definition) is 0. The number of ether oxygens (including phenoxy) is 1. The first-order chi connectivity index (χ1) is 12.0. The molecule has 0 bridgehead atoms. The highest BCUT2D eigenvalue weighted by Crippen LogP contribution is 2.54. The van der Waals surface area contributed by atoms with Crippen molar-refractivity contribution >= 4 is 11.8 Å². The van der Waals surface area contributed by atoms with Crippen LogP contribution in [0.4, 0.5) is 0 Å². The number of aryl methyl sites for hydroxylation is 3. The Hall–Kier alpha value is -2.68. The monoisotopic (exact) mass is 350 g/mol. The first-order valence-electron chi connectivity index (χ1n) is 8.46. The van der Waals surface area contributed by atoms with Crippen LogP contribution >= 0.6 is 0 Å². The molecule has 0 spiro atoms. The SMILES string of the molecule is C=C1C(=C)C(=C)C(C(C)=O)(c2c(C)cc(C)cc2C)C(C(=O)OC)C1=C. The Bertz CT molecular complexity index is 862. The van der Waals surface area contributed by atoms with Crippen LogP contribution in [0.1, 0.15) is 29.2 Å². The van der Waals surface area contributed by atoms with Crippen LogP contribution in [0.25, 0.3) is 0 Å². The van der Waals surface area contributed by atoms with E-state index in [1.54, 1.807) is 0 Å². The molecular weight excluding hydrogens is 324 g/mol. The Morgan fingerprint density at radius 2 is 1.50 bits per heavy atom. The molecule has 1 aliphatic carbocycles. The number of benzene rings is 1. The van der Waals surface area contributed by atoms with Gasteiger partial charge >= 0.3 is 5.97 Å². The van der Waals surface area contributed by atoms with Gasteiger partial charge in [-0.1, -0.05) is 44.0 Å². The zero-order valence-corrected chi connectivity index (χ0v) is 16.3. The summed E-state index contributed by atoms with van der Waals surface area (Å²) in [6.07, 6.45) is 0. The maximum atomic E-state index is 13.2. The third kappa shape index (κ3) is 2.50. The van der Waals surface area contributed by atoms with E-state index in [2.05, 4.69) is 26.3 Å². The predicted molar refractivity (Wildman–Crippen MR) is 105 cm³/mol. The summed E-state index contributed by atoms with van der Waals surface area (Å²) in [6, 6.07) is 4.01. The highest BCUT2D eigenvalue weighted by atomic mass is 16.5. The first-order valence-corrected chi connectivity index (χ1v) is 8.46. The fraction of sp³-hybridized carbons (Fsp3) is 0.304. The minimum absolute atomic E-state index is 0.192. The highest BCUT2D eigenvalue weighted by Gasteiger charge is 2.57. The zero-order chi connectivity index (χ0) is 20.0. The Morgan fingerprint density at radius 1 is 1.00 bits per heavy atom. The van der Waals surface area contributed by atoms with Gasteiger partial charge in [-0.05, 0) is 66.7 Å². The van der Waals surface area contributed by atoms with Gasteiger partial charge in [0, 0.05) is 0 Å². The van der Waals surface area contributed by atoms with E-state index in [1.807, 2.05) is 32.9 Å². The number of methoxy groups -OCH3 is 1. The topological polar surface area (TPSA) is 43.4 Å². The second-order valence-electron chi connectivity index (χ2n) is 7.05. The summed E-state index contributed by atoms with van der Waals surface area (Å²) < 4.78 is 5.06. The van der Waals surface area contributed by atoms with Crippen molar-refractivity contribution in [1.29, 1.82) is 0 Å². The van der Waals surface area contributed by atoms with E-state index >= 15 is 0 Å². The maximum Gasteiger partial charge on any atom is 0.314 e. The number of esters is 1. The summed E-state index contributed by atoms with van der Waals surface area (Å²) in [5, 5.41) is 0. The summed E-state index contributed by atoms with van der Waals surface area (Å²) in [4.78, 5) is 26.0. The smallest absolute Gasteiger partial charge is 0.314 e. The average molecular weight is 350 g/mol. The molecule has 0 aromatic heterocycles. The number of rotatable bonds is 3. The second kappa shape index (κ2) is 6.56. The van der Waals surface area contributed by atoms with Crippen molar-refractivity contribution in [3.63, 3.8) is 0 Å². The number of hydrogen-bond acceptors (Lipinski definition) is 3. The van der Waals surface area contributed by atoms with Crippen molar-refractivity contribution in [1.82, 2.24) is 0 Å². The van der Waals surface area contributed by atoms with E-state index in [1.165, 1.54) is 14.0 Å². The van der Waals surface area contributed by atoms with Gasteiger partial charge in [-0.25, -0.2) is 0 Å². The van der Waals surface area contributed by atoms with Gasteiger partial charge in [0.2, 0.25) is 0 Å². The minimum atomic E-state index is -1.30. The lowest BCUT2D eigenvalue weighted by atomic mass is 9.53. The Labute approximate surface area is 155 Å². The number of Topliss-reactive ketones (excluding diaryl/α,β-unsaturated/α-hetero) is 1. The van der Waals surface area contributed by atoms with Crippen LogP contribution in [0.15, 0.2) is 60.7 Å². The molecule has 1 aromatic rings. The molecule has 3 nitrogen and oxygen atoms in total. The van der Waals surface area contributed by atoms with E-state index < -0.39 is 17.3 Å². The third-order valence-electron chi connectivity index (χ3n) is 5.44. The molecule has 3 heteroatoms. The van der Waals surface area contributed by atoms with E-state index in [9.17, 15) is 9.59 Å². The van der Waals surface area contributed by atoms with Crippen LogP contribution in [0.3, 0.4) is 0 Å². The standard InChI is InChI=1S/C23H26O3/c1-12-10-13(2)20(14(3)11-12)23(19(8)24)18(7)16(5)15(4)17(6)21(23)22(25)26-9/h10-11,21H,4-7H2,1-3,8-9H3. The summed E-state index contributed by atoms with van der Waals surface area (Å²) in [6.45, 7) is 23.6. The van der Waals surface area contributed by atoms with Crippen molar-refractivity contribution in [2.24, 2.45) is 5.92 Å². The molecule has 26 heavy (non-hydrogen) atoms. The van der Waals surface area contributed by atoms with Gasteiger partial charge in [-0.3, -0.25) is 9.59 Å². The molecule has 1 saturated carbocycles. The molecule has 136 valence electrons. The van der Waals surface area contributed by atoms with Gasteiger partial charge in [0.15, 0.2) is 0 Å². The molecule has 0 saturated heterocycles. The Kier molecular flexibility index (Phi) is 4.96. The Balaban J connectivity index is 3.03. The highest BCUT2D eigenvalue weighted by molar-refractivity contribution is 6.02. The van der Waals surface area contributed by atoms with Crippen LogP contribution in [-0.2, 0) is 19.7 Å². The van der Waals surface area contributed by atoms with Crippen molar-refractivity contribution in [2.45, 2.75) is 33.1 Å². The lowest BCUT2D eigenvalue weighted by molar-refractivity contribution is -0.148. The van der Waals surface area contributed by atoms with Crippen LogP contribution < -0.4 is 0 Å². The lowest BCUT2D eigenvalue weighted by Gasteiger charge is -2.47. The van der Waals surface area contributed by atoms with Gasteiger partial charge in [-0.15, -0.1) is 0 Å². The summed E-state index contributed by atoms with van der Waals surface area (Å²) in [5.41, 5.74) is 4.39. The average Bonchev–Trinajstić information content (AvgIpc) is 2.55.